The van der Waals surface area contributed by atoms with Gasteiger partial charge in [-0.1, -0.05) is 0 Å². The first kappa shape index (κ1) is 11.5. The van der Waals surface area contributed by atoms with Crippen LogP contribution in [0.3, 0.4) is 0 Å². The lowest BCUT2D eigenvalue weighted by Crippen LogP contribution is -2.44. The Hall–Kier alpha value is -1.59. The van der Waals surface area contributed by atoms with E-state index in [1.54, 1.807) is 6.92 Å². The molecule has 0 N–H and O–H groups in total. The van der Waals surface area contributed by atoms with Gasteiger partial charge in [-0.05, 0) is 6.92 Å². The van der Waals surface area contributed by atoms with Gasteiger partial charge >= 0.3 is 12.1 Å². The molecule has 0 aromatic heterocycles. The summed E-state index contributed by atoms with van der Waals surface area (Å²) in [5, 5.41) is 0. The number of carbonyl (C=O) groups excluding carboxylic acids is 3. The molecule has 1 fully saturated rings. The predicted molar refractivity (Wildman–Crippen MR) is 49.2 cm³/mol. The minimum absolute atomic E-state index is 0.165. The molecule has 0 aromatic rings. The van der Waals surface area contributed by atoms with Gasteiger partial charge in [-0.25, -0.2) is 9.59 Å². The van der Waals surface area contributed by atoms with E-state index in [0.717, 1.165) is 4.90 Å². The highest BCUT2D eigenvalue weighted by atomic mass is 16.6. The quantitative estimate of drug-likeness (QED) is 0.477. The summed E-state index contributed by atoms with van der Waals surface area (Å²) in [7, 11) is 1.18. The van der Waals surface area contributed by atoms with Crippen molar-refractivity contribution in [2.45, 2.75) is 19.4 Å². The molecule has 84 valence electrons. The second-order valence-corrected chi connectivity index (χ2v) is 3.03. The molecule has 0 spiro atoms. The number of hydrogen-bond acceptors (Lipinski definition) is 5. The van der Waals surface area contributed by atoms with Crippen molar-refractivity contribution in [2.75, 3.05) is 20.3 Å². The Morgan fingerprint density at radius 2 is 2.20 bits per heavy atom. The molecule has 0 aromatic carbocycles. The van der Waals surface area contributed by atoms with Crippen LogP contribution in [0.1, 0.15) is 13.3 Å². The first-order chi connectivity index (χ1) is 7.11. The van der Waals surface area contributed by atoms with E-state index in [0.29, 0.717) is 0 Å². The van der Waals surface area contributed by atoms with Gasteiger partial charge in [-0.2, -0.15) is 0 Å². The SMILES string of the molecule is CCOC(=O)N1CCC(=O)C1C(=O)OC. The van der Waals surface area contributed by atoms with Gasteiger partial charge in [0.25, 0.3) is 0 Å². The minimum Gasteiger partial charge on any atom is -0.467 e. The third kappa shape index (κ3) is 2.26. The van der Waals surface area contributed by atoms with E-state index in [1.165, 1.54) is 7.11 Å². The molecule has 0 radical (unpaired) electrons. The highest BCUT2D eigenvalue weighted by molar-refractivity contribution is 6.07. The summed E-state index contributed by atoms with van der Waals surface area (Å²) in [5.74, 6) is -1.03. The molecule has 0 saturated carbocycles. The Balaban J connectivity index is 2.76. The lowest BCUT2D eigenvalue weighted by atomic mass is 10.2. The van der Waals surface area contributed by atoms with Crippen molar-refractivity contribution in [2.24, 2.45) is 0 Å². The maximum absolute atomic E-state index is 11.4. The molecule has 15 heavy (non-hydrogen) atoms. The molecule has 0 bridgehead atoms. The number of hydrogen-bond donors (Lipinski definition) is 0. The van der Waals surface area contributed by atoms with Gasteiger partial charge in [0.15, 0.2) is 11.8 Å². The van der Waals surface area contributed by atoms with Crippen molar-refractivity contribution < 1.29 is 23.9 Å². The zero-order valence-corrected chi connectivity index (χ0v) is 8.69. The summed E-state index contributed by atoms with van der Waals surface area (Å²) in [6, 6.07) is -1.13. The predicted octanol–water partition coefficient (Wildman–Crippen LogP) is -0.0407. The molecule has 0 aliphatic carbocycles. The second kappa shape index (κ2) is 4.77. The lowest BCUT2D eigenvalue weighted by molar-refractivity contribution is -0.148. The van der Waals surface area contributed by atoms with Crippen LogP contribution in [0.15, 0.2) is 0 Å². The van der Waals surface area contributed by atoms with Crippen LogP contribution in [0.2, 0.25) is 0 Å². The van der Waals surface area contributed by atoms with Crippen molar-refractivity contribution in [1.29, 1.82) is 0 Å². The van der Waals surface area contributed by atoms with E-state index in [4.69, 9.17) is 4.74 Å². The van der Waals surface area contributed by atoms with Gasteiger partial charge in [-0.3, -0.25) is 9.69 Å². The average Bonchev–Trinajstić information content (AvgIpc) is 2.59. The Kier molecular flexibility index (Phi) is 3.65. The summed E-state index contributed by atoms with van der Waals surface area (Å²) >= 11 is 0. The summed E-state index contributed by atoms with van der Waals surface area (Å²) in [4.78, 5) is 35.1. The van der Waals surface area contributed by atoms with Gasteiger partial charge in [-0.15, -0.1) is 0 Å². The maximum atomic E-state index is 11.4. The van der Waals surface area contributed by atoms with E-state index in [9.17, 15) is 14.4 Å². The van der Waals surface area contributed by atoms with Gasteiger partial charge in [0, 0.05) is 13.0 Å². The number of ketones is 1. The zero-order chi connectivity index (χ0) is 11.4. The highest BCUT2D eigenvalue weighted by Crippen LogP contribution is 2.16. The molecule has 1 amide bonds. The number of nitrogens with zero attached hydrogens (tertiary/aromatic N) is 1. The molecule has 6 heteroatoms. The fourth-order valence-corrected chi connectivity index (χ4v) is 1.44. The number of methoxy groups -OCH3 is 1. The van der Waals surface area contributed by atoms with E-state index >= 15 is 0 Å². The van der Waals surface area contributed by atoms with Crippen LogP contribution < -0.4 is 0 Å². The van der Waals surface area contributed by atoms with Gasteiger partial charge in [0.05, 0.1) is 13.7 Å². The van der Waals surface area contributed by atoms with Crippen molar-refractivity contribution in [3.63, 3.8) is 0 Å². The van der Waals surface area contributed by atoms with Crippen LogP contribution in [0.25, 0.3) is 0 Å². The Labute approximate surface area is 87.1 Å². The number of Topliss-reactive ketones (excluding diaryl/α,β-unsaturated/α-hetero) is 1. The van der Waals surface area contributed by atoms with Crippen LogP contribution in [-0.2, 0) is 19.1 Å². The number of likely N-dealkylation sites (tertiary alicyclic amines) is 1. The molecule has 1 rings (SSSR count). The molecule has 1 aliphatic rings. The van der Waals surface area contributed by atoms with E-state index in [2.05, 4.69) is 4.74 Å². The fourth-order valence-electron chi connectivity index (χ4n) is 1.44. The molecular formula is C9H13NO5. The fraction of sp³-hybridized carbons (Fsp3) is 0.667. The topological polar surface area (TPSA) is 72.9 Å². The zero-order valence-electron chi connectivity index (χ0n) is 8.69. The monoisotopic (exact) mass is 215 g/mol. The highest BCUT2D eigenvalue weighted by Gasteiger charge is 2.42. The Morgan fingerprint density at radius 3 is 2.73 bits per heavy atom. The van der Waals surface area contributed by atoms with Crippen LogP contribution >= 0.6 is 0 Å². The van der Waals surface area contributed by atoms with E-state index in [1.807, 2.05) is 0 Å². The van der Waals surface area contributed by atoms with E-state index < -0.39 is 18.1 Å². The van der Waals surface area contributed by atoms with Crippen molar-refractivity contribution >= 4 is 17.8 Å². The third-order valence-electron chi connectivity index (χ3n) is 2.14. The number of amides is 1. The van der Waals surface area contributed by atoms with Crippen molar-refractivity contribution in [3.05, 3.63) is 0 Å². The Morgan fingerprint density at radius 1 is 1.53 bits per heavy atom. The van der Waals surface area contributed by atoms with Gasteiger partial charge in [0.2, 0.25) is 0 Å². The van der Waals surface area contributed by atoms with Crippen LogP contribution in [0.5, 0.6) is 0 Å². The number of carbonyl (C=O) groups is 3. The van der Waals surface area contributed by atoms with Gasteiger partial charge in [0.1, 0.15) is 0 Å². The largest absolute Gasteiger partial charge is 0.467 e. The second-order valence-electron chi connectivity index (χ2n) is 3.03. The van der Waals surface area contributed by atoms with Crippen LogP contribution in [-0.4, -0.2) is 49.0 Å². The molecule has 1 unspecified atom stereocenters. The summed E-state index contributed by atoms with van der Waals surface area (Å²) in [6.07, 6.45) is -0.489. The smallest absolute Gasteiger partial charge is 0.410 e. The van der Waals surface area contributed by atoms with Crippen molar-refractivity contribution in [1.82, 2.24) is 4.90 Å². The molecular weight excluding hydrogens is 202 g/mol. The molecule has 1 saturated heterocycles. The summed E-state index contributed by atoms with van der Waals surface area (Å²) in [5.41, 5.74) is 0. The van der Waals surface area contributed by atoms with E-state index in [-0.39, 0.29) is 25.4 Å². The Bertz CT molecular complexity index is 288. The third-order valence-corrected chi connectivity index (χ3v) is 2.14. The minimum atomic E-state index is -1.13. The summed E-state index contributed by atoms with van der Waals surface area (Å²) in [6.45, 7) is 2.07. The normalized spacial score (nSPS) is 20.3. The first-order valence-electron chi connectivity index (χ1n) is 4.65. The number of esters is 1. The standard InChI is InChI=1S/C9H13NO5/c1-3-15-9(13)10-5-4-6(11)7(10)8(12)14-2/h7H,3-5H2,1-2H3. The molecule has 1 atom stereocenters. The summed E-state index contributed by atoms with van der Waals surface area (Å²) < 4.78 is 9.18. The number of rotatable bonds is 2. The van der Waals surface area contributed by atoms with Crippen LogP contribution in [0.4, 0.5) is 4.79 Å². The molecule has 6 nitrogen and oxygen atoms in total. The van der Waals surface area contributed by atoms with Crippen LogP contribution in [0, 0.1) is 0 Å². The molecule has 1 heterocycles. The first-order valence-corrected chi connectivity index (χ1v) is 4.65. The molecule has 1 aliphatic heterocycles. The number of ether oxygens (including phenoxy) is 2. The average molecular weight is 215 g/mol. The van der Waals surface area contributed by atoms with Gasteiger partial charge < -0.3 is 9.47 Å². The lowest BCUT2D eigenvalue weighted by Gasteiger charge is -2.20. The van der Waals surface area contributed by atoms with Crippen molar-refractivity contribution in [3.8, 4) is 0 Å². The maximum Gasteiger partial charge on any atom is 0.410 e.